The Morgan fingerprint density at radius 2 is 1.89 bits per heavy atom. The Morgan fingerprint density at radius 1 is 1.19 bits per heavy atom. The number of nitrogens with zero attached hydrogens (tertiary/aromatic N) is 2. The molecule has 0 unspecified atom stereocenters. The zero-order valence-corrected chi connectivity index (χ0v) is 19.9. The van der Waals surface area contributed by atoms with Crippen molar-refractivity contribution in [2.75, 3.05) is 50.0 Å². The molecular formula is C18H31IN4O2S2. The molecule has 0 aliphatic carbocycles. The number of nitrogens with one attached hydrogen (secondary N) is 2. The Balaban J connectivity index is 0.00000364. The van der Waals surface area contributed by atoms with Crippen molar-refractivity contribution in [3.05, 3.63) is 35.9 Å². The lowest BCUT2D eigenvalue weighted by atomic mass is 10.1. The third-order valence-corrected chi connectivity index (χ3v) is 6.91. The summed E-state index contributed by atoms with van der Waals surface area (Å²) in [4.78, 5) is 4.54. The SMILES string of the molecule is CCNC(=NCCCc1ccccc1)NCCS(=O)(=O)N1CCSCC1.I. The maximum atomic E-state index is 12.4. The average Bonchev–Trinajstić information content (AvgIpc) is 2.66. The van der Waals surface area contributed by atoms with E-state index in [1.54, 1.807) is 4.31 Å². The van der Waals surface area contributed by atoms with Crippen LogP contribution in [0.3, 0.4) is 0 Å². The molecule has 0 atom stereocenters. The number of rotatable bonds is 9. The second-order valence-electron chi connectivity index (χ2n) is 6.10. The molecule has 1 aliphatic rings. The Labute approximate surface area is 185 Å². The van der Waals surface area contributed by atoms with E-state index in [0.717, 1.165) is 30.9 Å². The molecule has 1 saturated heterocycles. The average molecular weight is 527 g/mol. The van der Waals surface area contributed by atoms with E-state index in [0.29, 0.717) is 32.1 Å². The van der Waals surface area contributed by atoms with Gasteiger partial charge in [0.2, 0.25) is 10.0 Å². The highest BCUT2D eigenvalue weighted by molar-refractivity contribution is 14.0. The Morgan fingerprint density at radius 3 is 2.56 bits per heavy atom. The number of aliphatic imine (C=N–C) groups is 1. The van der Waals surface area contributed by atoms with Crippen LogP contribution in [0.4, 0.5) is 0 Å². The molecule has 0 bridgehead atoms. The quantitative estimate of drug-likeness (QED) is 0.223. The fourth-order valence-corrected chi connectivity index (χ4v) is 5.20. The Kier molecular flexibility index (Phi) is 12.4. The van der Waals surface area contributed by atoms with Crippen molar-refractivity contribution in [1.82, 2.24) is 14.9 Å². The van der Waals surface area contributed by atoms with E-state index in [2.05, 4.69) is 27.8 Å². The maximum absolute atomic E-state index is 12.4. The number of thioether (sulfide) groups is 1. The predicted octanol–water partition coefficient (Wildman–Crippen LogP) is 2.17. The summed E-state index contributed by atoms with van der Waals surface area (Å²) in [5.41, 5.74) is 1.31. The maximum Gasteiger partial charge on any atom is 0.215 e. The fourth-order valence-electron chi connectivity index (χ4n) is 2.71. The van der Waals surface area contributed by atoms with Crippen LogP contribution < -0.4 is 10.6 Å². The van der Waals surface area contributed by atoms with Gasteiger partial charge in [-0.3, -0.25) is 4.99 Å². The number of benzene rings is 1. The molecule has 0 amide bonds. The van der Waals surface area contributed by atoms with E-state index >= 15 is 0 Å². The van der Waals surface area contributed by atoms with E-state index < -0.39 is 10.0 Å². The number of guanidine groups is 1. The number of halogens is 1. The molecule has 27 heavy (non-hydrogen) atoms. The van der Waals surface area contributed by atoms with Crippen LogP contribution in [0.5, 0.6) is 0 Å². The molecule has 0 radical (unpaired) electrons. The minimum atomic E-state index is -3.18. The van der Waals surface area contributed by atoms with Gasteiger partial charge in [-0.15, -0.1) is 24.0 Å². The lowest BCUT2D eigenvalue weighted by molar-refractivity contribution is 0.443. The molecule has 2 N–H and O–H groups in total. The first-order chi connectivity index (χ1) is 12.6. The molecule has 0 aromatic heterocycles. The van der Waals surface area contributed by atoms with Gasteiger partial charge in [-0.25, -0.2) is 12.7 Å². The predicted molar refractivity (Wildman–Crippen MR) is 127 cm³/mol. The standard InChI is InChI=1S/C18H30N4O2S2.HI/c1-2-19-18(20-10-6-9-17-7-4-3-5-8-17)21-11-16-26(23,24)22-12-14-25-15-13-22;/h3-5,7-8H,2,6,9-16H2,1H3,(H2,19,20,21);1H. The Bertz CT molecular complexity index is 651. The van der Waals surface area contributed by atoms with Crippen LogP contribution in [0.2, 0.25) is 0 Å². The summed E-state index contributed by atoms with van der Waals surface area (Å²) < 4.78 is 26.3. The highest BCUT2D eigenvalue weighted by Gasteiger charge is 2.23. The summed E-state index contributed by atoms with van der Waals surface area (Å²) in [6.07, 6.45) is 1.95. The molecular weight excluding hydrogens is 495 g/mol. The number of hydrogen-bond donors (Lipinski definition) is 2. The molecule has 1 aliphatic heterocycles. The topological polar surface area (TPSA) is 73.8 Å². The zero-order valence-electron chi connectivity index (χ0n) is 15.9. The summed E-state index contributed by atoms with van der Waals surface area (Å²) >= 11 is 1.81. The molecule has 9 heteroatoms. The summed E-state index contributed by atoms with van der Waals surface area (Å²) in [6.45, 7) is 5.09. The largest absolute Gasteiger partial charge is 0.357 e. The van der Waals surface area contributed by atoms with Crippen molar-refractivity contribution >= 4 is 51.7 Å². The zero-order chi connectivity index (χ0) is 18.7. The van der Waals surface area contributed by atoms with Gasteiger partial charge in [0.15, 0.2) is 5.96 Å². The van der Waals surface area contributed by atoms with Crippen molar-refractivity contribution in [3.63, 3.8) is 0 Å². The minimum Gasteiger partial charge on any atom is -0.357 e. The molecule has 154 valence electrons. The van der Waals surface area contributed by atoms with Crippen molar-refractivity contribution < 1.29 is 8.42 Å². The van der Waals surface area contributed by atoms with Crippen LogP contribution in [0.15, 0.2) is 35.3 Å². The van der Waals surface area contributed by atoms with Crippen molar-refractivity contribution in [1.29, 1.82) is 0 Å². The summed E-state index contributed by atoms with van der Waals surface area (Å²) in [6, 6.07) is 10.4. The van der Waals surface area contributed by atoms with Gasteiger partial charge in [0, 0.05) is 44.2 Å². The first kappa shape index (κ1) is 24.5. The van der Waals surface area contributed by atoms with E-state index in [1.165, 1.54) is 5.56 Å². The Hall–Kier alpha value is -0.520. The van der Waals surface area contributed by atoms with E-state index in [-0.39, 0.29) is 29.7 Å². The molecule has 1 aromatic rings. The van der Waals surface area contributed by atoms with Crippen molar-refractivity contribution in [2.24, 2.45) is 4.99 Å². The van der Waals surface area contributed by atoms with Crippen LogP contribution in [-0.4, -0.2) is 68.7 Å². The second kappa shape index (κ2) is 13.6. The van der Waals surface area contributed by atoms with E-state index in [1.807, 2.05) is 36.9 Å². The third kappa shape index (κ3) is 9.49. The monoisotopic (exact) mass is 526 g/mol. The molecule has 0 spiro atoms. The van der Waals surface area contributed by atoms with Crippen LogP contribution in [0, 0.1) is 0 Å². The summed E-state index contributed by atoms with van der Waals surface area (Å²) in [5.74, 6) is 2.56. The number of sulfonamides is 1. The van der Waals surface area contributed by atoms with Crippen LogP contribution in [-0.2, 0) is 16.4 Å². The summed E-state index contributed by atoms with van der Waals surface area (Å²) in [7, 11) is -3.18. The van der Waals surface area contributed by atoms with Gasteiger partial charge in [0.1, 0.15) is 0 Å². The first-order valence-electron chi connectivity index (χ1n) is 9.23. The van der Waals surface area contributed by atoms with Crippen LogP contribution in [0.1, 0.15) is 18.9 Å². The normalized spacial score (nSPS) is 15.8. The van der Waals surface area contributed by atoms with Gasteiger partial charge in [-0.05, 0) is 25.3 Å². The van der Waals surface area contributed by atoms with Crippen LogP contribution >= 0.6 is 35.7 Å². The van der Waals surface area contributed by atoms with E-state index in [4.69, 9.17) is 0 Å². The first-order valence-corrected chi connectivity index (χ1v) is 12.0. The highest BCUT2D eigenvalue weighted by atomic mass is 127. The minimum absolute atomic E-state index is 0. The summed E-state index contributed by atoms with van der Waals surface area (Å²) in [5, 5.41) is 6.32. The number of hydrogen-bond acceptors (Lipinski definition) is 4. The van der Waals surface area contributed by atoms with Crippen molar-refractivity contribution in [3.8, 4) is 0 Å². The highest BCUT2D eigenvalue weighted by Crippen LogP contribution is 2.12. The number of aryl methyl sites for hydroxylation is 1. The van der Waals surface area contributed by atoms with Gasteiger partial charge in [-0.2, -0.15) is 11.8 Å². The van der Waals surface area contributed by atoms with Gasteiger partial charge >= 0.3 is 0 Å². The molecule has 2 rings (SSSR count). The van der Waals surface area contributed by atoms with Gasteiger partial charge in [0.25, 0.3) is 0 Å². The van der Waals surface area contributed by atoms with Gasteiger partial charge < -0.3 is 10.6 Å². The second-order valence-corrected chi connectivity index (χ2v) is 9.42. The fraction of sp³-hybridized carbons (Fsp3) is 0.611. The molecule has 1 heterocycles. The third-order valence-electron chi connectivity index (χ3n) is 4.10. The molecule has 0 saturated carbocycles. The van der Waals surface area contributed by atoms with Crippen LogP contribution in [0.25, 0.3) is 0 Å². The molecule has 6 nitrogen and oxygen atoms in total. The molecule has 1 fully saturated rings. The lowest BCUT2D eigenvalue weighted by Gasteiger charge is -2.25. The van der Waals surface area contributed by atoms with Gasteiger partial charge in [-0.1, -0.05) is 30.3 Å². The smallest absolute Gasteiger partial charge is 0.215 e. The van der Waals surface area contributed by atoms with E-state index in [9.17, 15) is 8.42 Å². The van der Waals surface area contributed by atoms with Crippen molar-refractivity contribution in [2.45, 2.75) is 19.8 Å². The lowest BCUT2D eigenvalue weighted by Crippen LogP contribution is -2.44. The van der Waals surface area contributed by atoms with Gasteiger partial charge in [0.05, 0.1) is 5.75 Å². The molecule has 1 aromatic carbocycles.